The zero-order valence-electron chi connectivity index (χ0n) is 22.5. The first kappa shape index (κ1) is 29.1. The first-order valence-corrected chi connectivity index (χ1v) is 13.2. The molecular formula is C27H34F3N7O3. The number of methoxy groups -OCH3 is 1. The van der Waals surface area contributed by atoms with E-state index in [9.17, 15) is 22.8 Å². The Labute approximate surface area is 230 Å². The summed E-state index contributed by atoms with van der Waals surface area (Å²) >= 11 is 0. The van der Waals surface area contributed by atoms with Crippen LogP contribution in [0.4, 0.5) is 18.9 Å². The first-order chi connectivity index (χ1) is 19.1. The Kier molecular flexibility index (Phi) is 9.10. The minimum absolute atomic E-state index is 0.0734. The molecule has 2 aliphatic carbocycles. The zero-order chi connectivity index (χ0) is 29.0. The fourth-order valence-corrected chi connectivity index (χ4v) is 5.02. The molecule has 2 aliphatic rings. The second-order valence-corrected chi connectivity index (χ2v) is 10.5. The van der Waals surface area contributed by atoms with Crippen LogP contribution in [0.1, 0.15) is 51.1 Å². The van der Waals surface area contributed by atoms with Gasteiger partial charge in [0, 0.05) is 24.0 Å². The Bertz CT molecular complexity index is 1250. The number of nitrogens with zero attached hydrogens (tertiary/aromatic N) is 3. The molecule has 0 saturated heterocycles. The van der Waals surface area contributed by atoms with Crippen molar-refractivity contribution in [3.05, 3.63) is 47.8 Å². The van der Waals surface area contributed by atoms with E-state index in [2.05, 4.69) is 26.0 Å². The Balaban J connectivity index is 1.58. The van der Waals surface area contributed by atoms with Crippen LogP contribution in [0.5, 0.6) is 5.88 Å². The van der Waals surface area contributed by atoms with E-state index in [0.717, 1.165) is 48.8 Å². The van der Waals surface area contributed by atoms with Crippen molar-refractivity contribution >= 4 is 23.7 Å². The van der Waals surface area contributed by atoms with E-state index in [1.54, 1.807) is 0 Å². The maximum atomic E-state index is 14.2. The summed E-state index contributed by atoms with van der Waals surface area (Å²) in [6, 6.07) is -1.76. The molecule has 2 heterocycles. The van der Waals surface area contributed by atoms with Crippen molar-refractivity contribution in [3.63, 3.8) is 0 Å². The fraction of sp³-hybridized carbons (Fsp3) is 0.519. The number of carbonyl (C=O) groups is 2. The van der Waals surface area contributed by atoms with Crippen molar-refractivity contribution in [1.29, 1.82) is 5.41 Å². The van der Waals surface area contributed by atoms with Gasteiger partial charge in [0.15, 0.2) is 0 Å². The molecule has 2 atom stereocenters. The highest BCUT2D eigenvalue weighted by Crippen LogP contribution is 2.51. The second kappa shape index (κ2) is 12.5. The Morgan fingerprint density at radius 2 is 1.82 bits per heavy atom. The number of ether oxygens (including phenoxy) is 1. The lowest BCUT2D eigenvalue weighted by atomic mass is 9.88. The second-order valence-electron chi connectivity index (χ2n) is 10.5. The van der Waals surface area contributed by atoms with Gasteiger partial charge in [0.2, 0.25) is 11.8 Å². The quantitative estimate of drug-likeness (QED) is 0.205. The molecule has 2 aromatic heterocycles. The van der Waals surface area contributed by atoms with Crippen LogP contribution < -0.4 is 20.7 Å². The molecule has 216 valence electrons. The van der Waals surface area contributed by atoms with Crippen LogP contribution in [0.3, 0.4) is 0 Å². The van der Waals surface area contributed by atoms with Crippen LogP contribution in [0.15, 0.2) is 36.4 Å². The summed E-state index contributed by atoms with van der Waals surface area (Å²) in [5.41, 5.74) is 0.104. The zero-order valence-corrected chi connectivity index (χ0v) is 22.5. The van der Waals surface area contributed by atoms with E-state index in [0.29, 0.717) is 11.8 Å². The SMILES string of the molecule is COc1ncc(F)cc1C(C(F)F)n1cc(NC(=O)C(NC(=O)/C(=C/C=N)NC(C)C)C(C2CC2)C2CC2)cn1. The molecule has 2 amide bonds. The molecule has 0 bridgehead atoms. The summed E-state index contributed by atoms with van der Waals surface area (Å²) in [5, 5.41) is 20.0. The van der Waals surface area contributed by atoms with Crippen molar-refractivity contribution in [1.82, 2.24) is 25.4 Å². The summed E-state index contributed by atoms with van der Waals surface area (Å²) in [5.74, 6) is -1.45. The minimum Gasteiger partial charge on any atom is -0.481 e. The van der Waals surface area contributed by atoms with Crippen molar-refractivity contribution in [3.8, 4) is 5.88 Å². The normalized spacial score (nSPS) is 17.1. The van der Waals surface area contributed by atoms with Crippen LogP contribution >= 0.6 is 0 Å². The lowest BCUT2D eigenvalue weighted by Crippen LogP contribution is -2.51. The third-order valence-electron chi connectivity index (χ3n) is 6.98. The Morgan fingerprint density at radius 1 is 1.15 bits per heavy atom. The van der Waals surface area contributed by atoms with Crippen LogP contribution in [-0.2, 0) is 9.59 Å². The van der Waals surface area contributed by atoms with E-state index >= 15 is 0 Å². The highest BCUT2D eigenvalue weighted by atomic mass is 19.3. The van der Waals surface area contributed by atoms with Gasteiger partial charge in [-0.1, -0.05) is 0 Å². The highest BCUT2D eigenvalue weighted by molar-refractivity contribution is 6.02. The van der Waals surface area contributed by atoms with Gasteiger partial charge in [0.25, 0.3) is 12.3 Å². The molecule has 4 N–H and O–H groups in total. The number of allylic oxidation sites excluding steroid dienone is 1. The summed E-state index contributed by atoms with van der Waals surface area (Å²) in [4.78, 5) is 30.5. The fourth-order valence-electron chi connectivity index (χ4n) is 5.02. The lowest BCUT2D eigenvalue weighted by Gasteiger charge is -2.28. The molecule has 0 radical (unpaired) electrons. The molecule has 2 unspecified atom stereocenters. The van der Waals surface area contributed by atoms with Gasteiger partial charge in [0.05, 0.1) is 25.2 Å². The van der Waals surface area contributed by atoms with Crippen molar-refractivity contribution in [2.45, 2.75) is 64.1 Å². The summed E-state index contributed by atoms with van der Waals surface area (Å²) < 4.78 is 48.2. The van der Waals surface area contributed by atoms with Gasteiger partial charge in [0.1, 0.15) is 23.6 Å². The molecule has 2 saturated carbocycles. The number of halogens is 3. The average molecular weight is 562 g/mol. The number of hydrogen-bond acceptors (Lipinski definition) is 7. The van der Waals surface area contributed by atoms with E-state index in [-0.39, 0.29) is 34.8 Å². The van der Waals surface area contributed by atoms with Gasteiger partial charge >= 0.3 is 0 Å². The highest BCUT2D eigenvalue weighted by Gasteiger charge is 2.48. The first-order valence-electron chi connectivity index (χ1n) is 13.2. The number of alkyl halides is 2. The summed E-state index contributed by atoms with van der Waals surface area (Å²) in [6.07, 6.45) is 6.50. The van der Waals surface area contributed by atoms with Crippen LogP contribution in [0.2, 0.25) is 0 Å². The van der Waals surface area contributed by atoms with Crippen LogP contribution in [-0.4, -0.2) is 58.4 Å². The van der Waals surface area contributed by atoms with Crippen molar-refractivity contribution < 1.29 is 27.5 Å². The van der Waals surface area contributed by atoms with E-state index < -0.39 is 36.1 Å². The van der Waals surface area contributed by atoms with E-state index in [4.69, 9.17) is 10.1 Å². The maximum absolute atomic E-state index is 14.2. The molecule has 2 aromatic rings. The van der Waals surface area contributed by atoms with Gasteiger partial charge < -0.3 is 26.1 Å². The smallest absolute Gasteiger partial charge is 0.268 e. The predicted molar refractivity (Wildman–Crippen MR) is 142 cm³/mol. The molecule has 0 aliphatic heterocycles. The van der Waals surface area contributed by atoms with Crippen LogP contribution in [0.25, 0.3) is 0 Å². The number of rotatable bonds is 14. The molecule has 4 rings (SSSR count). The van der Waals surface area contributed by atoms with E-state index in [1.807, 2.05) is 13.8 Å². The third kappa shape index (κ3) is 6.99. The van der Waals surface area contributed by atoms with Gasteiger partial charge in [-0.2, -0.15) is 5.10 Å². The number of anilines is 1. The largest absolute Gasteiger partial charge is 0.481 e. The van der Waals surface area contributed by atoms with Gasteiger partial charge in [-0.15, -0.1) is 0 Å². The Morgan fingerprint density at radius 3 is 2.38 bits per heavy atom. The number of nitrogens with one attached hydrogen (secondary N) is 4. The summed E-state index contributed by atoms with van der Waals surface area (Å²) in [7, 11) is 1.24. The lowest BCUT2D eigenvalue weighted by molar-refractivity contribution is -0.126. The number of amides is 2. The monoisotopic (exact) mass is 561 g/mol. The Hall–Kier alpha value is -3.90. The molecular weight excluding hydrogens is 527 g/mol. The molecule has 40 heavy (non-hydrogen) atoms. The standard InChI is InChI=1S/C27H34F3N7O3/c1-14(2)34-20(8-9-31)25(38)36-22(21(15-4-5-15)16-6-7-16)26(39)35-18-12-33-37(13-18)23(24(29)30)19-10-17(28)11-32-27(19)40-3/h8-16,21-24,31,34H,4-7H2,1-3H3,(H,35,39)(H,36,38)/b20-8-,31-9?. The van der Waals surface area contributed by atoms with Gasteiger partial charge in [-0.25, -0.2) is 18.2 Å². The average Bonchev–Trinajstić information content (AvgIpc) is 3.83. The van der Waals surface area contributed by atoms with E-state index in [1.165, 1.54) is 25.6 Å². The van der Waals surface area contributed by atoms with Gasteiger partial charge in [-0.3, -0.25) is 14.3 Å². The number of hydrogen-bond donors (Lipinski definition) is 4. The molecule has 2 fully saturated rings. The minimum atomic E-state index is -2.99. The number of pyridine rings is 1. The third-order valence-corrected chi connectivity index (χ3v) is 6.98. The molecule has 13 heteroatoms. The summed E-state index contributed by atoms with van der Waals surface area (Å²) in [6.45, 7) is 3.71. The van der Waals surface area contributed by atoms with Gasteiger partial charge in [-0.05, 0) is 69.4 Å². The van der Waals surface area contributed by atoms with Crippen LogP contribution in [0, 0.1) is 29.0 Å². The molecule has 0 aromatic carbocycles. The predicted octanol–water partition coefficient (Wildman–Crippen LogP) is 3.67. The topological polar surface area (TPSA) is 134 Å². The van der Waals surface area contributed by atoms with Crippen molar-refractivity contribution in [2.24, 2.45) is 17.8 Å². The maximum Gasteiger partial charge on any atom is 0.268 e. The molecule has 0 spiro atoms. The molecule has 10 nitrogen and oxygen atoms in total. The number of aromatic nitrogens is 3. The number of carbonyl (C=O) groups excluding carboxylic acids is 2. The van der Waals surface area contributed by atoms with Crippen molar-refractivity contribution in [2.75, 3.05) is 12.4 Å².